The zero-order valence-electron chi connectivity index (χ0n) is 13.2. The molecule has 1 N–H and O–H groups in total. The van der Waals surface area contributed by atoms with E-state index in [-0.39, 0.29) is 23.2 Å². The van der Waals surface area contributed by atoms with Crippen LogP contribution in [0.25, 0.3) is 5.69 Å². The molecule has 2 unspecified atom stereocenters. The van der Waals surface area contributed by atoms with Crippen LogP contribution in [0.4, 0.5) is 4.39 Å². The maximum absolute atomic E-state index is 13.8. The minimum atomic E-state index is -0.821. The van der Waals surface area contributed by atoms with Crippen molar-refractivity contribution in [1.29, 1.82) is 0 Å². The quantitative estimate of drug-likeness (QED) is 0.935. The lowest BCUT2D eigenvalue weighted by Gasteiger charge is -2.34. The van der Waals surface area contributed by atoms with Crippen LogP contribution in [0.1, 0.15) is 23.8 Å². The third-order valence-corrected chi connectivity index (χ3v) is 4.42. The molecule has 2 aromatic rings. The van der Waals surface area contributed by atoms with Gasteiger partial charge in [0.2, 0.25) is 0 Å². The summed E-state index contributed by atoms with van der Waals surface area (Å²) in [6.45, 7) is 2.59. The molecular formula is C17H18FN3O3. The number of para-hydroxylation sites is 1. The molecule has 7 heteroatoms. The molecule has 1 saturated heterocycles. The first kappa shape index (κ1) is 16.2. The van der Waals surface area contributed by atoms with Gasteiger partial charge in [-0.25, -0.2) is 9.07 Å². The molecule has 1 aliphatic heterocycles. The van der Waals surface area contributed by atoms with Crippen LogP contribution in [0.5, 0.6) is 0 Å². The highest BCUT2D eigenvalue weighted by molar-refractivity contribution is 5.92. The lowest BCUT2D eigenvalue weighted by atomic mass is 9.87. The molecule has 0 radical (unpaired) electrons. The van der Waals surface area contributed by atoms with Crippen molar-refractivity contribution >= 4 is 11.9 Å². The van der Waals surface area contributed by atoms with Crippen LogP contribution in [0.2, 0.25) is 0 Å². The molecule has 1 aromatic heterocycles. The number of aromatic nitrogens is 2. The molecule has 1 aliphatic rings. The predicted octanol–water partition coefficient (Wildman–Crippen LogP) is 2.19. The number of hydrogen-bond acceptors (Lipinski definition) is 3. The average Bonchev–Trinajstić information content (AvgIpc) is 3.03. The van der Waals surface area contributed by atoms with Crippen LogP contribution in [0, 0.1) is 17.7 Å². The second kappa shape index (κ2) is 6.43. The Morgan fingerprint density at radius 1 is 1.29 bits per heavy atom. The molecule has 24 heavy (non-hydrogen) atoms. The van der Waals surface area contributed by atoms with Gasteiger partial charge in [-0.15, -0.1) is 0 Å². The summed E-state index contributed by atoms with van der Waals surface area (Å²) >= 11 is 0. The molecular weight excluding hydrogens is 313 g/mol. The molecule has 0 spiro atoms. The second-order valence-corrected chi connectivity index (χ2v) is 6.06. The van der Waals surface area contributed by atoms with Crippen LogP contribution < -0.4 is 0 Å². The maximum atomic E-state index is 13.8. The normalized spacial score (nSPS) is 20.8. The standard InChI is InChI=1S/C17H18FN3O3/c1-11-10-20(8-6-12(11)17(23)24)16(22)14-7-9-21(19-14)15-5-3-2-4-13(15)18/h2-5,7,9,11-12H,6,8,10H2,1H3,(H,23,24). The molecule has 1 aromatic carbocycles. The number of carbonyl (C=O) groups excluding carboxylic acids is 1. The zero-order valence-corrected chi connectivity index (χ0v) is 13.2. The smallest absolute Gasteiger partial charge is 0.306 e. The fraction of sp³-hybridized carbons (Fsp3) is 0.353. The monoisotopic (exact) mass is 331 g/mol. The lowest BCUT2D eigenvalue weighted by Crippen LogP contribution is -2.45. The molecule has 126 valence electrons. The first-order chi connectivity index (χ1) is 11.5. The van der Waals surface area contributed by atoms with E-state index >= 15 is 0 Å². The van der Waals surface area contributed by atoms with Gasteiger partial charge >= 0.3 is 5.97 Å². The van der Waals surface area contributed by atoms with E-state index in [1.54, 1.807) is 35.4 Å². The number of hydrogen-bond donors (Lipinski definition) is 1. The highest BCUT2D eigenvalue weighted by atomic mass is 19.1. The van der Waals surface area contributed by atoms with Gasteiger partial charge in [0.15, 0.2) is 5.69 Å². The van der Waals surface area contributed by atoms with E-state index in [1.165, 1.54) is 10.7 Å². The predicted molar refractivity (Wildman–Crippen MR) is 84.3 cm³/mol. The topological polar surface area (TPSA) is 75.4 Å². The molecule has 0 bridgehead atoms. The third kappa shape index (κ3) is 3.02. The number of nitrogens with zero attached hydrogens (tertiary/aromatic N) is 3. The number of halogens is 1. The van der Waals surface area contributed by atoms with Crippen molar-refractivity contribution < 1.29 is 19.1 Å². The van der Waals surface area contributed by atoms with Gasteiger partial charge in [-0.3, -0.25) is 9.59 Å². The number of aliphatic carboxylic acids is 1. The molecule has 6 nitrogen and oxygen atoms in total. The summed E-state index contributed by atoms with van der Waals surface area (Å²) < 4.78 is 15.1. The SMILES string of the molecule is CC1CN(C(=O)c2ccn(-c3ccccc3F)n2)CCC1C(=O)O. The Morgan fingerprint density at radius 3 is 2.71 bits per heavy atom. The van der Waals surface area contributed by atoms with Gasteiger partial charge in [0.05, 0.1) is 5.92 Å². The Morgan fingerprint density at radius 2 is 2.04 bits per heavy atom. The highest BCUT2D eigenvalue weighted by Gasteiger charge is 2.33. The molecule has 2 heterocycles. The van der Waals surface area contributed by atoms with Gasteiger partial charge in [-0.1, -0.05) is 19.1 Å². The van der Waals surface area contributed by atoms with Crippen molar-refractivity contribution in [1.82, 2.24) is 14.7 Å². The fourth-order valence-electron chi connectivity index (χ4n) is 3.07. The Kier molecular flexibility index (Phi) is 4.33. The number of likely N-dealkylation sites (tertiary alicyclic amines) is 1. The Balaban J connectivity index is 1.75. The first-order valence-electron chi connectivity index (χ1n) is 7.80. The van der Waals surface area contributed by atoms with Crippen molar-refractivity contribution in [2.24, 2.45) is 11.8 Å². The summed E-state index contributed by atoms with van der Waals surface area (Å²) in [5.41, 5.74) is 0.494. The van der Waals surface area contributed by atoms with Gasteiger partial charge in [-0.05, 0) is 30.5 Å². The number of piperidine rings is 1. The third-order valence-electron chi connectivity index (χ3n) is 4.42. The molecule has 3 rings (SSSR count). The van der Waals surface area contributed by atoms with Crippen LogP contribution in [0.15, 0.2) is 36.5 Å². The van der Waals surface area contributed by atoms with Crippen molar-refractivity contribution in [3.05, 3.63) is 48.0 Å². The van der Waals surface area contributed by atoms with Crippen LogP contribution in [-0.4, -0.2) is 44.8 Å². The molecule has 2 atom stereocenters. The van der Waals surface area contributed by atoms with Gasteiger partial charge in [0.1, 0.15) is 11.5 Å². The largest absolute Gasteiger partial charge is 0.481 e. The Bertz CT molecular complexity index is 774. The van der Waals surface area contributed by atoms with Crippen LogP contribution in [0.3, 0.4) is 0 Å². The Labute approximate surface area is 138 Å². The molecule has 1 amide bonds. The zero-order chi connectivity index (χ0) is 17.3. The highest BCUT2D eigenvalue weighted by Crippen LogP contribution is 2.24. The summed E-state index contributed by atoms with van der Waals surface area (Å²) in [4.78, 5) is 25.3. The minimum absolute atomic E-state index is 0.117. The number of carboxylic acid groups (broad SMARTS) is 1. The average molecular weight is 331 g/mol. The van der Waals surface area contributed by atoms with Crippen molar-refractivity contribution in [3.63, 3.8) is 0 Å². The summed E-state index contributed by atoms with van der Waals surface area (Å²) in [6, 6.07) is 7.74. The van der Waals surface area contributed by atoms with Crippen molar-refractivity contribution in [2.75, 3.05) is 13.1 Å². The fourth-order valence-corrected chi connectivity index (χ4v) is 3.07. The molecule has 0 saturated carbocycles. The van der Waals surface area contributed by atoms with Gasteiger partial charge in [0, 0.05) is 19.3 Å². The van der Waals surface area contributed by atoms with E-state index in [0.29, 0.717) is 19.5 Å². The number of carboxylic acids is 1. The van der Waals surface area contributed by atoms with E-state index in [2.05, 4.69) is 5.10 Å². The van der Waals surface area contributed by atoms with Crippen LogP contribution >= 0.6 is 0 Å². The van der Waals surface area contributed by atoms with E-state index in [4.69, 9.17) is 5.11 Å². The van der Waals surface area contributed by atoms with E-state index in [0.717, 1.165) is 0 Å². The second-order valence-electron chi connectivity index (χ2n) is 6.06. The number of carbonyl (C=O) groups is 2. The number of rotatable bonds is 3. The van der Waals surface area contributed by atoms with E-state index < -0.39 is 17.7 Å². The Hall–Kier alpha value is -2.70. The first-order valence-corrected chi connectivity index (χ1v) is 7.80. The molecule has 1 fully saturated rings. The van der Waals surface area contributed by atoms with Gasteiger partial charge in [0.25, 0.3) is 5.91 Å². The van der Waals surface area contributed by atoms with Gasteiger partial charge < -0.3 is 10.0 Å². The van der Waals surface area contributed by atoms with Crippen LogP contribution in [-0.2, 0) is 4.79 Å². The summed E-state index contributed by atoms with van der Waals surface area (Å²) in [7, 11) is 0. The van der Waals surface area contributed by atoms with Crippen molar-refractivity contribution in [2.45, 2.75) is 13.3 Å². The van der Waals surface area contributed by atoms with E-state index in [1.807, 2.05) is 6.92 Å². The lowest BCUT2D eigenvalue weighted by molar-refractivity contribution is -0.145. The number of amides is 1. The molecule has 0 aliphatic carbocycles. The minimum Gasteiger partial charge on any atom is -0.481 e. The summed E-state index contributed by atoms with van der Waals surface area (Å²) in [5, 5.41) is 13.3. The maximum Gasteiger partial charge on any atom is 0.306 e. The summed E-state index contributed by atoms with van der Waals surface area (Å²) in [6.07, 6.45) is 1.97. The van der Waals surface area contributed by atoms with E-state index in [9.17, 15) is 14.0 Å². The van der Waals surface area contributed by atoms with Crippen molar-refractivity contribution in [3.8, 4) is 5.69 Å². The summed E-state index contributed by atoms with van der Waals surface area (Å²) in [5.74, 6) is -2.05. The van der Waals surface area contributed by atoms with Gasteiger partial charge in [-0.2, -0.15) is 5.10 Å². The number of benzene rings is 1.